The smallest absolute Gasteiger partial charge is 0.414 e. The molecular formula is C24H29ClN4O6. The Kier molecular flexibility index (Phi) is 7.61. The normalized spacial score (nSPS) is 18.0. The fourth-order valence-corrected chi connectivity index (χ4v) is 4.54. The van der Waals surface area contributed by atoms with Crippen molar-refractivity contribution in [2.75, 3.05) is 24.7 Å². The van der Waals surface area contributed by atoms with Crippen LogP contribution >= 0.6 is 11.6 Å². The third-order valence-corrected chi connectivity index (χ3v) is 6.19. The average molecular weight is 505 g/mol. The number of furan rings is 1. The third-order valence-electron chi connectivity index (χ3n) is 5.90. The quantitative estimate of drug-likeness (QED) is 0.414. The number of aromatic nitrogens is 3. The zero-order valence-corrected chi connectivity index (χ0v) is 21.0. The summed E-state index contributed by atoms with van der Waals surface area (Å²) in [5.74, 6) is -0.825. The van der Waals surface area contributed by atoms with Crippen LogP contribution in [-0.4, -0.2) is 58.8 Å². The summed E-state index contributed by atoms with van der Waals surface area (Å²) in [4.78, 5) is 32.5. The maximum atomic E-state index is 13.3. The molecule has 1 aliphatic rings. The third kappa shape index (κ3) is 4.99. The summed E-state index contributed by atoms with van der Waals surface area (Å²) in [5.41, 5.74) is 1.91. The van der Waals surface area contributed by atoms with E-state index in [4.69, 9.17) is 35.2 Å². The lowest BCUT2D eigenvalue weighted by atomic mass is 9.99. The molecule has 188 valence electrons. The molecule has 0 bridgehead atoms. The Morgan fingerprint density at radius 1 is 1.26 bits per heavy atom. The second kappa shape index (κ2) is 10.7. The van der Waals surface area contributed by atoms with Crippen molar-refractivity contribution < 1.29 is 28.2 Å². The van der Waals surface area contributed by atoms with Gasteiger partial charge in [-0.05, 0) is 33.1 Å². The second-order valence-electron chi connectivity index (χ2n) is 8.22. The number of carbonyl (C=O) groups excluding carboxylic acids is 2. The largest absolute Gasteiger partial charge is 0.460 e. The van der Waals surface area contributed by atoms with Gasteiger partial charge in [-0.1, -0.05) is 18.5 Å². The number of halogens is 1. The Bertz CT molecular complexity index is 1220. The van der Waals surface area contributed by atoms with E-state index in [0.717, 1.165) is 6.42 Å². The summed E-state index contributed by atoms with van der Waals surface area (Å²) in [7, 11) is 1.79. The molecule has 4 rings (SSSR count). The lowest BCUT2D eigenvalue weighted by Crippen LogP contribution is -2.46. The van der Waals surface area contributed by atoms with Crippen molar-refractivity contribution in [3.63, 3.8) is 0 Å². The van der Waals surface area contributed by atoms with Gasteiger partial charge >= 0.3 is 12.1 Å². The van der Waals surface area contributed by atoms with Crippen LogP contribution in [0.4, 0.5) is 10.5 Å². The van der Waals surface area contributed by atoms with Crippen molar-refractivity contribution in [2.24, 2.45) is 7.05 Å². The highest BCUT2D eigenvalue weighted by molar-refractivity contribution is 6.33. The molecule has 4 heterocycles. The molecule has 1 amide bonds. The summed E-state index contributed by atoms with van der Waals surface area (Å²) in [5, 5.41) is 4.52. The van der Waals surface area contributed by atoms with Gasteiger partial charge in [0.2, 0.25) is 5.76 Å². The standard InChI is InChI=1S/C24H29ClN4O6/c1-5-16-10-15(8-9-34-16)29(24(31)33-7-3)21-20-18(35-22(21)23(30)32-6-2)11-17(25)19(27-20)14-12-26-28(4)13-14/h11-13,15-16H,5-10H2,1-4H3. The van der Waals surface area contributed by atoms with Crippen LogP contribution in [-0.2, 0) is 21.3 Å². The molecule has 1 aliphatic heterocycles. The Hall–Kier alpha value is -3.11. The Balaban J connectivity index is 1.94. The molecule has 2 atom stereocenters. The van der Waals surface area contributed by atoms with E-state index < -0.39 is 12.1 Å². The summed E-state index contributed by atoms with van der Waals surface area (Å²) < 4.78 is 24.1. The number of nitrogens with zero attached hydrogens (tertiary/aromatic N) is 4. The molecule has 0 N–H and O–H groups in total. The highest BCUT2D eigenvalue weighted by Crippen LogP contribution is 2.40. The molecule has 3 aromatic heterocycles. The minimum atomic E-state index is -0.701. The molecule has 0 saturated carbocycles. The fraction of sp³-hybridized carbons (Fsp3) is 0.500. The van der Waals surface area contributed by atoms with Crippen molar-refractivity contribution in [1.29, 1.82) is 0 Å². The lowest BCUT2D eigenvalue weighted by molar-refractivity contribution is 0.00465. The maximum Gasteiger partial charge on any atom is 0.414 e. The Morgan fingerprint density at radius 3 is 2.69 bits per heavy atom. The van der Waals surface area contributed by atoms with E-state index in [2.05, 4.69) is 5.10 Å². The highest BCUT2D eigenvalue weighted by atomic mass is 35.5. The van der Waals surface area contributed by atoms with E-state index in [1.54, 1.807) is 44.0 Å². The number of rotatable bonds is 7. The van der Waals surface area contributed by atoms with Crippen LogP contribution in [0.25, 0.3) is 22.4 Å². The lowest BCUT2D eigenvalue weighted by Gasteiger charge is -2.36. The molecule has 35 heavy (non-hydrogen) atoms. The van der Waals surface area contributed by atoms with Gasteiger partial charge in [-0.25, -0.2) is 14.6 Å². The number of anilines is 1. The molecule has 10 nitrogen and oxygen atoms in total. The van der Waals surface area contributed by atoms with Gasteiger partial charge in [-0.3, -0.25) is 9.58 Å². The number of ether oxygens (including phenoxy) is 3. The molecular weight excluding hydrogens is 476 g/mol. The zero-order valence-electron chi connectivity index (χ0n) is 20.2. The van der Waals surface area contributed by atoms with Crippen LogP contribution in [0.2, 0.25) is 5.02 Å². The first-order valence-electron chi connectivity index (χ1n) is 11.7. The van der Waals surface area contributed by atoms with Crippen LogP contribution in [0.5, 0.6) is 0 Å². The topological polar surface area (TPSA) is 109 Å². The maximum absolute atomic E-state index is 13.3. The van der Waals surface area contributed by atoms with Gasteiger partial charge < -0.3 is 18.6 Å². The molecule has 11 heteroatoms. The predicted molar refractivity (Wildman–Crippen MR) is 130 cm³/mol. The number of hydrogen-bond donors (Lipinski definition) is 0. The number of hydrogen-bond acceptors (Lipinski definition) is 8. The fourth-order valence-electron chi connectivity index (χ4n) is 4.28. The van der Waals surface area contributed by atoms with E-state index in [9.17, 15) is 9.59 Å². The van der Waals surface area contributed by atoms with Crippen LogP contribution in [0.3, 0.4) is 0 Å². The SMILES string of the molecule is CCOC(=O)c1oc2cc(Cl)c(-c3cnn(C)c3)nc2c1N(C(=O)OCC)C1CCOC(CC)C1. The van der Waals surface area contributed by atoms with Gasteiger partial charge in [-0.15, -0.1) is 0 Å². The number of fused-ring (bicyclic) bond motifs is 1. The zero-order chi connectivity index (χ0) is 25.1. The first-order chi connectivity index (χ1) is 16.9. The Morgan fingerprint density at radius 2 is 2.03 bits per heavy atom. The minimum absolute atomic E-state index is 0.0248. The van der Waals surface area contributed by atoms with Gasteiger partial charge in [0.15, 0.2) is 5.58 Å². The van der Waals surface area contributed by atoms with Gasteiger partial charge in [0.25, 0.3) is 0 Å². The number of esters is 1. The molecule has 1 saturated heterocycles. The number of carbonyl (C=O) groups is 2. The monoisotopic (exact) mass is 504 g/mol. The van der Waals surface area contributed by atoms with Gasteiger partial charge in [0.1, 0.15) is 11.2 Å². The van der Waals surface area contributed by atoms with Crippen LogP contribution in [0.15, 0.2) is 22.9 Å². The van der Waals surface area contributed by atoms with Crippen molar-refractivity contribution in [1.82, 2.24) is 14.8 Å². The van der Waals surface area contributed by atoms with E-state index in [1.807, 2.05) is 6.92 Å². The van der Waals surface area contributed by atoms with Gasteiger partial charge in [-0.2, -0.15) is 5.10 Å². The molecule has 1 fully saturated rings. The number of amides is 1. The first-order valence-corrected chi connectivity index (χ1v) is 12.1. The summed E-state index contributed by atoms with van der Waals surface area (Å²) in [6.07, 6.45) is 4.73. The first kappa shape index (κ1) is 25.0. The highest BCUT2D eigenvalue weighted by Gasteiger charge is 2.38. The van der Waals surface area contributed by atoms with E-state index in [0.29, 0.717) is 41.2 Å². The van der Waals surface area contributed by atoms with Gasteiger partial charge in [0, 0.05) is 37.5 Å². The molecule has 3 aromatic rings. The van der Waals surface area contributed by atoms with Crippen molar-refractivity contribution in [3.8, 4) is 11.3 Å². The van der Waals surface area contributed by atoms with E-state index >= 15 is 0 Å². The number of pyridine rings is 1. The summed E-state index contributed by atoms with van der Waals surface area (Å²) in [6, 6.07) is 1.29. The summed E-state index contributed by atoms with van der Waals surface area (Å²) >= 11 is 6.53. The molecule has 0 radical (unpaired) electrons. The minimum Gasteiger partial charge on any atom is -0.460 e. The van der Waals surface area contributed by atoms with E-state index in [1.165, 1.54) is 4.90 Å². The number of aryl methyl sites for hydroxylation is 1. The van der Waals surface area contributed by atoms with Crippen molar-refractivity contribution in [2.45, 2.75) is 52.2 Å². The van der Waals surface area contributed by atoms with Crippen molar-refractivity contribution >= 4 is 40.5 Å². The molecule has 0 aliphatic carbocycles. The molecule has 0 spiro atoms. The summed E-state index contributed by atoms with van der Waals surface area (Å²) in [6.45, 7) is 6.24. The molecule has 0 aromatic carbocycles. The second-order valence-corrected chi connectivity index (χ2v) is 8.62. The molecule has 2 unspecified atom stereocenters. The Labute approximate surface area is 208 Å². The van der Waals surface area contributed by atoms with Gasteiger partial charge in [0.05, 0.1) is 36.2 Å². The van der Waals surface area contributed by atoms with Crippen LogP contribution in [0.1, 0.15) is 50.6 Å². The van der Waals surface area contributed by atoms with E-state index in [-0.39, 0.29) is 42.4 Å². The predicted octanol–water partition coefficient (Wildman–Crippen LogP) is 4.98. The van der Waals surface area contributed by atoms with Crippen molar-refractivity contribution in [3.05, 3.63) is 29.2 Å². The van der Waals surface area contributed by atoms with Crippen LogP contribution < -0.4 is 4.90 Å². The van der Waals surface area contributed by atoms with Crippen LogP contribution in [0, 0.1) is 0 Å². The average Bonchev–Trinajstić information content (AvgIpc) is 3.43.